The van der Waals surface area contributed by atoms with E-state index < -0.39 is 0 Å². The molecule has 0 saturated heterocycles. The first kappa shape index (κ1) is 13.1. The second kappa shape index (κ2) is 5.37. The third-order valence-electron chi connectivity index (χ3n) is 4.93. The summed E-state index contributed by atoms with van der Waals surface area (Å²) in [6.45, 7) is 12.3. The third kappa shape index (κ3) is 3.23. The summed E-state index contributed by atoms with van der Waals surface area (Å²) < 4.78 is 0. The molecule has 0 aromatic rings. The molecule has 0 bridgehead atoms. The van der Waals surface area contributed by atoms with Crippen molar-refractivity contribution < 1.29 is 0 Å². The summed E-state index contributed by atoms with van der Waals surface area (Å²) in [5, 5.41) is 0. The lowest BCUT2D eigenvalue weighted by molar-refractivity contribution is 0.0878. The summed E-state index contributed by atoms with van der Waals surface area (Å²) in [6, 6.07) is 0. The van der Waals surface area contributed by atoms with Gasteiger partial charge in [-0.1, -0.05) is 60.3 Å². The molecule has 0 aromatic carbocycles. The normalized spacial score (nSPS) is 35.2. The Morgan fingerprint density at radius 1 is 1.13 bits per heavy atom. The summed E-state index contributed by atoms with van der Waals surface area (Å²) in [7, 11) is 0. The molecule has 90 valence electrons. The largest absolute Gasteiger partial charge is 0.0628 e. The smallest absolute Gasteiger partial charge is 0.0274 e. The van der Waals surface area contributed by atoms with Crippen LogP contribution in [0.5, 0.6) is 0 Å². The molecule has 0 aromatic heterocycles. The molecular formula is C15H30. The first-order valence-corrected chi connectivity index (χ1v) is 6.97. The lowest BCUT2D eigenvalue weighted by Crippen LogP contribution is -2.32. The van der Waals surface area contributed by atoms with Crippen molar-refractivity contribution >= 4 is 0 Å². The van der Waals surface area contributed by atoms with Crippen LogP contribution in [0.3, 0.4) is 0 Å². The molecule has 0 heteroatoms. The van der Waals surface area contributed by atoms with E-state index in [-0.39, 0.29) is 0 Å². The zero-order valence-corrected chi connectivity index (χ0v) is 11.5. The van der Waals surface area contributed by atoms with Crippen LogP contribution in [0, 0.1) is 23.2 Å². The fraction of sp³-hybridized carbons (Fsp3) is 1.00. The Morgan fingerprint density at radius 3 is 2.40 bits per heavy atom. The van der Waals surface area contributed by atoms with Crippen molar-refractivity contribution in [1.82, 2.24) is 0 Å². The van der Waals surface area contributed by atoms with Crippen LogP contribution in [0.25, 0.3) is 0 Å². The molecule has 1 aliphatic carbocycles. The predicted molar refractivity (Wildman–Crippen MR) is 69.0 cm³/mol. The van der Waals surface area contributed by atoms with Crippen LogP contribution in [0.2, 0.25) is 0 Å². The van der Waals surface area contributed by atoms with Crippen LogP contribution < -0.4 is 0 Å². The average molecular weight is 210 g/mol. The lowest BCUT2D eigenvalue weighted by Gasteiger charge is -2.41. The minimum Gasteiger partial charge on any atom is -0.0628 e. The van der Waals surface area contributed by atoms with Crippen LogP contribution in [-0.4, -0.2) is 0 Å². The maximum absolute atomic E-state index is 2.55. The topological polar surface area (TPSA) is 0 Å². The van der Waals surface area contributed by atoms with Gasteiger partial charge in [0.25, 0.3) is 0 Å². The van der Waals surface area contributed by atoms with Gasteiger partial charge in [0.1, 0.15) is 0 Å². The van der Waals surface area contributed by atoms with Crippen LogP contribution in [0.1, 0.15) is 73.1 Å². The van der Waals surface area contributed by atoms with Crippen molar-refractivity contribution in [2.24, 2.45) is 23.2 Å². The van der Waals surface area contributed by atoms with Crippen LogP contribution in [-0.2, 0) is 0 Å². The molecule has 1 rings (SSSR count). The van der Waals surface area contributed by atoms with Gasteiger partial charge in [0.05, 0.1) is 0 Å². The second-order valence-electron chi connectivity index (χ2n) is 6.54. The molecule has 3 atom stereocenters. The summed E-state index contributed by atoms with van der Waals surface area (Å²) >= 11 is 0. The van der Waals surface area contributed by atoms with Gasteiger partial charge in [-0.2, -0.15) is 0 Å². The van der Waals surface area contributed by atoms with E-state index in [0.717, 1.165) is 17.8 Å². The van der Waals surface area contributed by atoms with Gasteiger partial charge in [-0.15, -0.1) is 0 Å². The number of hydrogen-bond donors (Lipinski definition) is 0. The molecule has 15 heavy (non-hydrogen) atoms. The van der Waals surface area contributed by atoms with Crippen LogP contribution in [0.15, 0.2) is 0 Å². The number of hydrogen-bond acceptors (Lipinski definition) is 0. The molecular weight excluding hydrogens is 180 g/mol. The molecule has 1 saturated carbocycles. The molecule has 0 spiro atoms. The number of rotatable bonds is 3. The second-order valence-corrected chi connectivity index (χ2v) is 6.54. The zero-order valence-electron chi connectivity index (χ0n) is 11.5. The van der Waals surface area contributed by atoms with E-state index in [9.17, 15) is 0 Å². The van der Waals surface area contributed by atoms with Crippen molar-refractivity contribution in [2.45, 2.75) is 73.1 Å². The van der Waals surface area contributed by atoms with Gasteiger partial charge in [-0.05, 0) is 36.0 Å². The molecule has 0 nitrogen and oxygen atoms in total. The van der Waals surface area contributed by atoms with Gasteiger partial charge < -0.3 is 0 Å². The highest BCUT2D eigenvalue weighted by atomic mass is 14.4. The Hall–Kier alpha value is 0. The van der Waals surface area contributed by atoms with Crippen LogP contribution in [0.4, 0.5) is 0 Å². The van der Waals surface area contributed by atoms with E-state index in [2.05, 4.69) is 34.6 Å². The fourth-order valence-electron chi connectivity index (χ4n) is 3.42. The van der Waals surface area contributed by atoms with Crippen molar-refractivity contribution in [1.29, 1.82) is 0 Å². The summed E-state index contributed by atoms with van der Waals surface area (Å²) in [4.78, 5) is 0. The van der Waals surface area contributed by atoms with Gasteiger partial charge in [0.15, 0.2) is 0 Å². The Balaban J connectivity index is 2.67. The average Bonchev–Trinajstić information content (AvgIpc) is 2.30. The summed E-state index contributed by atoms with van der Waals surface area (Å²) in [5.74, 6) is 2.67. The first-order valence-electron chi connectivity index (χ1n) is 6.97. The summed E-state index contributed by atoms with van der Waals surface area (Å²) in [6.07, 6.45) is 8.71. The van der Waals surface area contributed by atoms with E-state index in [1.165, 1.54) is 38.5 Å². The van der Waals surface area contributed by atoms with Gasteiger partial charge in [0, 0.05) is 0 Å². The monoisotopic (exact) mass is 210 g/mol. The standard InChI is InChI=1S/C15H30/c1-12(2)11-14(4)15(5)10-8-6-7-9-13(15)3/h12-14H,6-11H2,1-5H3. The van der Waals surface area contributed by atoms with Crippen molar-refractivity contribution in [2.75, 3.05) is 0 Å². The maximum Gasteiger partial charge on any atom is -0.0274 e. The summed E-state index contributed by atoms with van der Waals surface area (Å²) in [5.41, 5.74) is 0.612. The Morgan fingerprint density at radius 2 is 1.80 bits per heavy atom. The van der Waals surface area contributed by atoms with Gasteiger partial charge in [-0.25, -0.2) is 0 Å². The fourth-order valence-corrected chi connectivity index (χ4v) is 3.42. The Kier molecular flexibility index (Phi) is 4.67. The van der Waals surface area contributed by atoms with Crippen molar-refractivity contribution in [3.05, 3.63) is 0 Å². The Labute approximate surface area is 96.8 Å². The van der Waals surface area contributed by atoms with E-state index in [1.54, 1.807) is 0 Å². The molecule has 0 radical (unpaired) electrons. The highest BCUT2D eigenvalue weighted by Gasteiger charge is 2.37. The molecule has 0 aliphatic heterocycles. The van der Waals surface area contributed by atoms with Crippen LogP contribution >= 0.6 is 0 Å². The molecule has 0 N–H and O–H groups in total. The van der Waals surface area contributed by atoms with Crippen molar-refractivity contribution in [3.8, 4) is 0 Å². The predicted octanol–water partition coefficient (Wildman–Crippen LogP) is 5.28. The van der Waals surface area contributed by atoms with E-state index in [4.69, 9.17) is 0 Å². The van der Waals surface area contributed by atoms with E-state index in [1.807, 2.05) is 0 Å². The van der Waals surface area contributed by atoms with Gasteiger partial charge in [0.2, 0.25) is 0 Å². The highest BCUT2D eigenvalue weighted by molar-refractivity contribution is 4.87. The van der Waals surface area contributed by atoms with Gasteiger partial charge >= 0.3 is 0 Å². The molecule has 0 heterocycles. The molecule has 3 unspecified atom stereocenters. The quantitative estimate of drug-likeness (QED) is 0.556. The third-order valence-corrected chi connectivity index (χ3v) is 4.93. The first-order chi connectivity index (χ1) is 6.97. The SMILES string of the molecule is CC(C)CC(C)C1(C)CCCCCC1C. The zero-order chi connectivity index (χ0) is 11.5. The molecule has 0 amide bonds. The Bertz CT molecular complexity index is 182. The maximum atomic E-state index is 2.55. The van der Waals surface area contributed by atoms with E-state index in [0.29, 0.717) is 5.41 Å². The highest BCUT2D eigenvalue weighted by Crippen LogP contribution is 2.46. The van der Waals surface area contributed by atoms with Crippen molar-refractivity contribution in [3.63, 3.8) is 0 Å². The minimum absolute atomic E-state index is 0.612. The van der Waals surface area contributed by atoms with Gasteiger partial charge in [-0.3, -0.25) is 0 Å². The minimum atomic E-state index is 0.612. The lowest BCUT2D eigenvalue weighted by atomic mass is 9.64. The molecule has 1 aliphatic rings. The molecule has 1 fully saturated rings. The van der Waals surface area contributed by atoms with E-state index >= 15 is 0 Å².